The van der Waals surface area contributed by atoms with Crippen molar-refractivity contribution in [3.05, 3.63) is 72.1 Å². The minimum Gasteiger partial charge on any atom is -0.313 e. The van der Waals surface area contributed by atoms with Crippen molar-refractivity contribution in [2.45, 2.75) is 13.3 Å². The number of aryl methyl sites for hydroxylation is 2. The lowest BCUT2D eigenvalue weighted by atomic mass is 10.1. The summed E-state index contributed by atoms with van der Waals surface area (Å²) in [6.07, 6.45) is 2.52. The van der Waals surface area contributed by atoms with Gasteiger partial charge in [-0.1, -0.05) is 42.1 Å². The predicted molar refractivity (Wildman–Crippen MR) is 98.7 cm³/mol. The van der Waals surface area contributed by atoms with Crippen LogP contribution in [-0.4, -0.2) is 25.7 Å². The SMILES string of the molecule is CCc1c2ccc(-c3ccnn3OC(=O)c3ccccc3)cc2nn1C. The summed E-state index contributed by atoms with van der Waals surface area (Å²) in [6, 6.07) is 16.7. The van der Waals surface area contributed by atoms with Crippen molar-refractivity contribution in [3.63, 3.8) is 0 Å². The maximum atomic E-state index is 12.3. The highest BCUT2D eigenvalue weighted by molar-refractivity contribution is 5.90. The number of carbonyl (C=O) groups excluding carboxylic acids is 1. The van der Waals surface area contributed by atoms with Gasteiger partial charge in [0.2, 0.25) is 0 Å². The average Bonchev–Trinajstić information content (AvgIpc) is 3.24. The van der Waals surface area contributed by atoms with Gasteiger partial charge in [0.25, 0.3) is 0 Å². The third kappa shape index (κ3) is 2.75. The Morgan fingerprint density at radius 1 is 1.12 bits per heavy atom. The van der Waals surface area contributed by atoms with Crippen molar-refractivity contribution >= 4 is 16.9 Å². The summed E-state index contributed by atoms with van der Waals surface area (Å²) in [5.41, 5.74) is 4.15. The molecule has 0 aliphatic carbocycles. The monoisotopic (exact) mass is 346 g/mol. The van der Waals surface area contributed by atoms with Crippen molar-refractivity contribution in [1.29, 1.82) is 0 Å². The van der Waals surface area contributed by atoms with E-state index in [4.69, 9.17) is 4.84 Å². The summed E-state index contributed by atoms with van der Waals surface area (Å²) < 4.78 is 1.90. The minimum atomic E-state index is -0.456. The number of benzene rings is 2. The van der Waals surface area contributed by atoms with E-state index in [0.717, 1.165) is 22.9 Å². The smallest absolute Gasteiger partial charge is 0.313 e. The molecule has 6 heteroatoms. The Morgan fingerprint density at radius 3 is 2.69 bits per heavy atom. The molecule has 0 aliphatic heterocycles. The van der Waals surface area contributed by atoms with Gasteiger partial charge in [-0.2, -0.15) is 5.10 Å². The first-order valence-corrected chi connectivity index (χ1v) is 8.45. The summed E-state index contributed by atoms with van der Waals surface area (Å²) in [7, 11) is 1.95. The van der Waals surface area contributed by atoms with Crippen LogP contribution in [0.5, 0.6) is 0 Å². The zero-order valence-electron chi connectivity index (χ0n) is 14.6. The molecule has 0 spiro atoms. The van der Waals surface area contributed by atoms with Crippen LogP contribution in [0.3, 0.4) is 0 Å². The zero-order chi connectivity index (χ0) is 18.1. The first kappa shape index (κ1) is 16.1. The van der Waals surface area contributed by atoms with Gasteiger partial charge in [0.05, 0.1) is 17.3 Å². The number of fused-ring (bicyclic) bond motifs is 1. The Labute approximate surface area is 150 Å². The highest BCUT2D eigenvalue weighted by Crippen LogP contribution is 2.25. The van der Waals surface area contributed by atoms with Crippen molar-refractivity contribution in [2.75, 3.05) is 0 Å². The van der Waals surface area contributed by atoms with Gasteiger partial charge >= 0.3 is 5.97 Å². The summed E-state index contributed by atoms with van der Waals surface area (Å²) in [4.78, 5) is 19.0. The fourth-order valence-electron chi connectivity index (χ4n) is 3.11. The zero-order valence-corrected chi connectivity index (χ0v) is 14.6. The highest BCUT2D eigenvalue weighted by Gasteiger charge is 2.14. The van der Waals surface area contributed by atoms with Gasteiger partial charge in [0.1, 0.15) is 5.69 Å². The number of nitrogens with zero attached hydrogens (tertiary/aromatic N) is 4. The third-order valence-electron chi connectivity index (χ3n) is 4.38. The summed E-state index contributed by atoms with van der Waals surface area (Å²) in [5.74, 6) is -0.456. The lowest BCUT2D eigenvalue weighted by molar-refractivity contribution is 0.0404. The van der Waals surface area contributed by atoms with E-state index < -0.39 is 5.97 Å². The van der Waals surface area contributed by atoms with E-state index >= 15 is 0 Å². The Hall–Kier alpha value is -3.41. The third-order valence-corrected chi connectivity index (χ3v) is 4.38. The molecule has 4 aromatic rings. The molecule has 130 valence electrons. The molecule has 26 heavy (non-hydrogen) atoms. The number of hydrogen-bond acceptors (Lipinski definition) is 4. The molecule has 0 N–H and O–H groups in total. The van der Waals surface area contributed by atoms with E-state index in [1.165, 1.54) is 10.5 Å². The average molecular weight is 346 g/mol. The van der Waals surface area contributed by atoms with Gasteiger partial charge < -0.3 is 4.84 Å². The first-order valence-electron chi connectivity index (χ1n) is 8.45. The maximum Gasteiger partial charge on any atom is 0.365 e. The van der Waals surface area contributed by atoms with E-state index in [1.807, 2.05) is 42.1 Å². The molecule has 0 radical (unpaired) electrons. The normalized spacial score (nSPS) is 11.0. The van der Waals surface area contributed by atoms with E-state index in [0.29, 0.717) is 11.3 Å². The molecule has 0 unspecified atom stereocenters. The molecular formula is C20H18N4O2. The van der Waals surface area contributed by atoms with Crippen molar-refractivity contribution in [2.24, 2.45) is 7.05 Å². The number of hydrogen-bond donors (Lipinski definition) is 0. The molecule has 0 atom stereocenters. The summed E-state index contributed by atoms with van der Waals surface area (Å²) >= 11 is 0. The van der Waals surface area contributed by atoms with Crippen LogP contribution in [0.2, 0.25) is 0 Å². The van der Waals surface area contributed by atoms with Crippen LogP contribution in [0.15, 0.2) is 60.8 Å². The summed E-state index contributed by atoms with van der Waals surface area (Å²) in [6.45, 7) is 2.11. The van der Waals surface area contributed by atoms with Crippen LogP contribution in [0, 0.1) is 0 Å². The van der Waals surface area contributed by atoms with E-state index in [9.17, 15) is 4.79 Å². The Kier molecular flexibility index (Phi) is 4.01. The molecule has 0 saturated carbocycles. The standard InChI is InChI=1S/C20H18N4O2/c1-3-18-16-10-9-15(13-17(16)22-23(18)2)19-11-12-21-24(19)26-20(25)14-7-5-4-6-8-14/h4-13H,3H2,1-2H3. The van der Waals surface area contributed by atoms with Crippen LogP contribution >= 0.6 is 0 Å². The number of aromatic nitrogens is 4. The second-order valence-electron chi connectivity index (χ2n) is 5.99. The van der Waals surface area contributed by atoms with E-state index in [1.54, 1.807) is 30.5 Å². The molecule has 2 aromatic heterocycles. The lowest BCUT2D eigenvalue weighted by Gasteiger charge is -2.07. The molecule has 0 aliphatic rings. The summed E-state index contributed by atoms with van der Waals surface area (Å²) in [5, 5.41) is 9.83. The van der Waals surface area contributed by atoms with Gasteiger partial charge in [0, 0.05) is 23.7 Å². The topological polar surface area (TPSA) is 61.9 Å². The Bertz CT molecular complexity index is 1080. The van der Waals surface area contributed by atoms with Crippen LogP contribution in [0.4, 0.5) is 0 Å². The molecule has 0 saturated heterocycles. The van der Waals surface area contributed by atoms with Crippen LogP contribution in [0.25, 0.3) is 22.2 Å². The molecular weight excluding hydrogens is 328 g/mol. The quantitative estimate of drug-likeness (QED) is 0.569. The maximum absolute atomic E-state index is 12.3. The van der Waals surface area contributed by atoms with Crippen LogP contribution < -0.4 is 4.84 Å². The van der Waals surface area contributed by atoms with E-state index in [-0.39, 0.29) is 0 Å². The van der Waals surface area contributed by atoms with Crippen molar-refractivity contribution in [1.82, 2.24) is 19.7 Å². The van der Waals surface area contributed by atoms with Gasteiger partial charge in [-0.25, -0.2) is 4.79 Å². The van der Waals surface area contributed by atoms with Gasteiger partial charge in [-0.15, -0.1) is 5.10 Å². The first-order chi connectivity index (χ1) is 12.7. The Morgan fingerprint density at radius 2 is 1.92 bits per heavy atom. The fraction of sp³-hybridized carbons (Fsp3) is 0.150. The Balaban J connectivity index is 1.68. The van der Waals surface area contributed by atoms with Gasteiger partial charge in [0.15, 0.2) is 0 Å². The molecule has 6 nitrogen and oxygen atoms in total. The van der Waals surface area contributed by atoms with Crippen molar-refractivity contribution < 1.29 is 9.63 Å². The fourth-order valence-corrected chi connectivity index (χ4v) is 3.11. The largest absolute Gasteiger partial charge is 0.365 e. The molecule has 0 fully saturated rings. The second-order valence-corrected chi connectivity index (χ2v) is 5.99. The second kappa shape index (κ2) is 6.48. The molecule has 4 rings (SSSR count). The molecule has 2 heterocycles. The minimum absolute atomic E-state index is 0.456. The highest BCUT2D eigenvalue weighted by atomic mass is 16.7. The predicted octanol–water partition coefficient (Wildman–Crippen LogP) is 3.27. The number of rotatable bonds is 4. The van der Waals surface area contributed by atoms with E-state index in [2.05, 4.69) is 17.1 Å². The van der Waals surface area contributed by atoms with Gasteiger partial charge in [-0.05, 0) is 30.7 Å². The molecule has 0 bridgehead atoms. The van der Waals surface area contributed by atoms with Crippen molar-refractivity contribution in [3.8, 4) is 11.3 Å². The molecule has 2 aromatic carbocycles. The van der Waals surface area contributed by atoms with Crippen LogP contribution in [0.1, 0.15) is 23.0 Å². The lowest BCUT2D eigenvalue weighted by Crippen LogP contribution is -2.21. The molecule has 0 amide bonds. The van der Waals surface area contributed by atoms with Gasteiger partial charge in [-0.3, -0.25) is 4.68 Å². The van der Waals surface area contributed by atoms with Crippen LogP contribution in [-0.2, 0) is 13.5 Å². The number of carbonyl (C=O) groups is 1.